The Labute approximate surface area is 173 Å². The number of aliphatic hydroxyl groups excluding tert-OH is 1. The van der Waals surface area contributed by atoms with E-state index in [2.05, 4.69) is 26.5 Å². The maximum atomic E-state index is 13.6. The summed E-state index contributed by atoms with van der Waals surface area (Å²) in [6, 6.07) is -0.837. The molecule has 5 N–H and O–H groups in total. The lowest BCUT2D eigenvalue weighted by molar-refractivity contribution is -0.127. The highest BCUT2D eigenvalue weighted by molar-refractivity contribution is 9.11. The van der Waals surface area contributed by atoms with Crippen LogP contribution in [0.5, 0.6) is 0 Å². The van der Waals surface area contributed by atoms with Gasteiger partial charge in [-0.3, -0.25) is 10.2 Å². The fourth-order valence-corrected chi connectivity index (χ4v) is 3.94. The van der Waals surface area contributed by atoms with Gasteiger partial charge >= 0.3 is 6.18 Å². The lowest BCUT2D eigenvalue weighted by Gasteiger charge is -2.31. The number of hydrogen-bond donors (Lipinski definition) is 4. The van der Waals surface area contributed by atoms with Crippen LogP contribution in [0.2, 0.25) is 0 Å². The van der Waals surface area contributed by atoms with Crippen molar-refractivity contribution in [3.63, 3.8) is 0 Å². The lowest BCUT2D eigenvalue weighted by atomic mass is 9.76. The number of amides is 1. The van der Waals surface area contributed by atoms with Crippen LogP contribution in [0.25, 0.3) is 0 Å². The van der Waals surface area contributed by atoms with E-state index in [4.69, 9.17) is 10.6 Å². The first-order valence-corrected chi connectivity index (χ1v) is 9.65. The van der Waals surface area contributed by atoms with E-state index < -0.39 is 41.8 Å². The predicted octanol–water partition coefficient (Wildman–Crippen LogP) is 2.49. The maximum Gasteiger partial charge on any atom is 0.431 e. The van der Waals surface area contributed by atoms with Gasteiger partial charge in [-0.25, -0.2) is 5.84 Å². The third kappa shape index (κ3) is 4.90. The first-order chi connectivity index (χ1) is 13.7. The molecule has 0 radical (unpaired) electrons. The van der Waals surface area contributed by atoms with Crippen LogP contribution in [0.4, 0.5) is 13.2 Å². The number of nitrogens with two attached hydrogens (primary N) is 1. The molecule has 0 bridgehead atoms. The molecule has 4 atom stereocenters. The van der Waals surface area contributed by atoms with Gasteiger partial charge in [-0.2, -0.15) is 18.3 Å². The van der Waals surface area contributed by atoms with Crippen LogP contribution in [-0.4, -0.2) is 41.7 Å². The van der Waals surface area contributed by atoms with Crippen molar-refractivity contribution in [1.82, 2.24) is 10.9 Å². The molecule has 3 rings (SSSR count). The minimum Gasteiger partial charge on any atom is -0.512 e. The summed E-state index contributed by atoms with van der Waals surface area (Å²) >= 11 is 3.31. The van der Waals surface area contributed by atoms with Crippen molar-refractivity contribution in [3.05, 3.63) is 46.2 Å². The van der Waals surface area contributed by atoms with E-state index in [1.54, 1.807) is 18.2 Å². The summed E-state index contributed by atoms with van der Waals surface area (Å²) in [5.74, 6) is 2.91. The van der Waals surface area contributed by atoms with Crippen LogP contribution >= 0.6 is 15.9 Å². The average molecular weight is 477 g/mol. The third-order valence-electron chi connectivity index (χ3n) is 4.98. The van der Waals surface area contributed by atoms with E-state index in [1.165, 1.54) is 6.08 Å². The number of carbonyl (C=O) groups excluding carboxylic acids is 1. The summed E-state index contributed by atoms with van der Waals surface area (Å²) in [7, 11) is 0. The zero-order chi connectivity index (χ0) is 21.2. The topological polar surface area (TPSA) is 109 Å². The minimum absolute atomic E-state index is 0.0297. The molecule has 1 amide bonds. The first kappa shape index (κ1) is 21.6. The molecule has 7 nitrogen and oxygen atoms in total. The van der Waals surface area contributed by atoms with Gasteiger partial charge in [0.05, 0.1) is 12.1 Å². The molecule has 11 heteroatoms. The number of alkyl halides is 3. The van der Waals surface area contributed by atoms with Crippen molar-refractivity contribution in [2.75, 3.05) is 6.61 Å². The van der Waals surface area contributed by atoms with Crippen molar-refractivity contribution in [1.29, 1.82) is 0 Å². The highest BCUT2D eigenvalue weighted by Gasteiger charge is 2.51. The van der Waals surface area contributed by atoms with Crippen LogP contribution in [0.15, 0.2) is 51.3 Å². The molecule has 0 saturated heterocycles. The van der Waals surface area contributed by atoms with Crippen molar-refractivity contribution in [2.45, 2.75) is 31.2 Å². The highest BCUT2D eigenvalue weighted by Crippen LogP contribution is 2.40. The molecule has 2 aliphatic carbocycles. The van der Waals surface area contributed by atoms with Crippen LogP contribution in [0.3, 0.4) is 0 Å². The van der Waals surface area contributed by atoms with Crippen LogP contribution in [0.1, 0.15) is 12.8 Å². The molecule has 158 valence electrons. The number of nitrogens with zero attached hydrogens (tertiary/aromatic N) is 1. The summed E-state index contributed by atoms with van der Waals surface area (Å²) < 4.78 is 46.8. The molecule has 0 saturated carbocycles. The minimum atomic E-state index is -4.59. The Morgan fingerprint density at radius 3 is 2.76 bits per heavy atom. The Morgan fingerprint density at radius 1 is 1.41 bits per heavy atom. The Kier molecular flexibility index (Phi) is 6.49. The second kappa shape index (κ2) is 8.72. The maximum absolute atomic E-state index is 13.6. The van der Waals surface area contributed by atoms with Gasteiger partial charge < -0.3 is 15.3 Å². The zero-order valence-electron chi connectivity index (χ0n) is 15.1. The van der Waals surface area contributed by atoms with Crippen molar-refractivity contribution < 1.29 is 27.8 Å². The molecule has 1 heterocycles. The van der Waals surface area contributed by atoms with Gasteiger partial charge in [0.15, 0.2) is 0 Å². The van der Waals surface area contributed by atoms with E-state index in [-0.39, 0.29) is 18.8 Å². The number of hydrazone groups is 1. The number of hydrogen-bond acceptors (Lipinski definition) is 6. The summed E-state index contributed by atoms with van der Waals surface area (Å²) in [4.78, 5) is 11.2. The van der Waals surface area contributed by atoms with Gasteiger partial charge in [-0.05, 0) is 12.3 Å². The van der Waals surface area contributed by atoms with E-state index in [0.29, 0.717) is 12.0 Å². The molecule has 0 aromatic rings. The van der Waals surface area contributed by atoms with Gasteiger partial charge in [-0.15, -0.1) is 0 Å². The second-order valence-corrected chi connectivity index (χ2v) is 7.77. The molecule has 29 heavy (non-hydrogen) atoms. The molecule has 0 aromatic carbocycles. The summed E-state index contributed by atoms with van der Waals surface area (Å²) in [5, 5.41) is 14.0. The van der Waals surface area contributed by atoms with Crippen molar-refractivity contribution >= 4 is 27.5 Å². The fraction of sp³-hybridized carbons (Fsp3) is 0.444. The predicted molar refractivity (Wildman–Crippen MR) is 104 cm³/mol. The molecule has 0 spiro atoms. The first-order valence-electron chi connectivity index (χ1n) is 8.86. The van der Waals surface area contributed by atoms with Gasteiger partial charge in [0.2, 0.25) is 0 Å². The molecule has 3 aliphatic rings. The van der Waals surface area contributed by atoms with Crippen LogP contribution in [-0.2, 0) is 9.53 Å². The molecule has 0 aromatic heterocycles. The average Bonchev–Trinajstić information content (AvgIpc) is 3.12. The monoisotopic (exact) mass is 476 g/mol. The van der Waals surface area contributed by atoms with E-state index in [0.717, 1.165) is 4.48 Å². The highest BCUT2D eigenvalue weighted by atomic mass is 79.9. The number of halogens is 4. The summed E-state index contributed by atoms with van der Waals surface area (Å²) in [6.45, 7) is -0.298. The Bertz CT molecular complexity index is 820. The number of carbonyl (C=O) groups is 1. The number of allylic oxidation sites excluding steroid dienone is 4. The van der Waals surface area contributed by atoms with E-state index in [1.807, 2.05) is 11.5 Å². The van der Waals surface area contributed by atoms with Crippen LogP contribution < -0.4 is 16.7 Å². The van der Waals surface area contributed by atoms with Crippen molar-refractivity contribution in [3.8, 4) is 0 Å². The molecular weight excluding hydrogens is 457 g/mol. The molecule has 0 fully saturated rings. The van der Waals surface area contributed by atoms with Gasteiger partial charge in [0.25, 0.3) is 5.91 Å². The smallest absolute Gasteiger partial charge is 0.431 e. The molecule has 1 aliphatic heterocycles. The number of ether oxygens (including phenoxy) is 1. The van der Waals surface area contributed by atoms with E-state index >= 15 is 0 Å². The number of aliphatic hydroxyl groups is 1. The number of rotatable bonds is 5. The van der Waals surface area contributed by atoms with Crippen LogP contribution in [0, 0.1) is 11.8 Å². The third-order valence-corrected chi connectivity index (χ3v) is 5.57. The largest absolute Gasteiger partial charge is 0.512 e. The summed E-state index contributed by atoms with van der Waals surface area (Å²) in [6.07, 6.45) is 3.62. The fourth-order valence-electron chi connectivity index (χ4n) is 3.60. The quantitative estimate of drug-likeness (QED) is 0.277. The Balaban J connectivity index is 1.79. The Hall–Kier alpha value is -2.11. The number of hydrazine groups is 1. The lowest BCUT2D eigenvalue weighted by Crippen LogP contribution is -2.41. The normalized spacial score (nSPS) is 29.4. The van der Waals surface area contributed by atoms with Gasteiger partial charge in [0, 0.05) is 22.4 Å². The summed E-state index contributed by atoms with van der Waals surface area (Å²) in [5.41, 5.74) is 3.91. The van der Waals surface area contributed by atoms with Crippen molar-refractivity contribution in [2.24, 2.45) is 22.8 Å². The molecule has 4 unspecified atom stereocenters. The molecular formula is C18H20BrF3N4O3. The van der Waals surface area contributed by atoms with E-state index in [9.17, 15) is 23.1 Å². The van der Waals surface area contributed by atoms with Gasteiger partial charge in [-0.1, -0.05) is 46.3 Å². The van der Waals surface area contributed by atoms with Gasteiger partial charge in [0.1, 0.15) is 18.1 Å². The second-order valence-electron chi connectivity index (χ2n) is 6.86. The zero-order valence-corrected chi connectivity index (χ0v) is 16.7. The SMILES string of the molecule is NNC(=O)COC1C=CC(C2NN=C(C(F)(F)F)C2C2C=CC(Br)=CC2)=C(O)C1. The standard InChI is InChI=1S/C18H20BrF3N4O3/c19-10-3-1-9(2-4-10)15-16(25-26-17(15)18(20,21)22)12-6-5-11(7-13(12)27)29-8-14(28)24-23/h1,3-6,9,11,15-16,25,27H,2,7-8,23H2,(H,24,28). The Morgan fingerprint density at radius 2 is 2.17 bits per heavy atom. The number of nitrogens with one attached hydrogen (secondary N) is 2.